The number of carboxylic acids is 1. The minimum atomic E-state index is -1.56. The number of carboxylic acid groups (broad SMARTS) is 1. The summed E-state index contributed by atoms with van der Waals surface area (Å²) in [7, 11) is 1.56. The second kappa shape index (κ2) is 9.65. The number of likely N-dealkylation sites (N-methyl/N-ethyl adjacent to an activating group) is 1. The van der Waals surface area contributed by atoms with Crippen LogP contribution in [-0.4, -0.2) is 69.2 Å². The van der Waals surface area contributed by atoms with Crippen molar-refractivity contribution in [3.8, 4) is 0 Å². The summed E-state index contributed by atoms with van der Waals surface area (Å²) >= 11 is 0. The van der Waals surface area contributed by atoms with Crippen LogP contribution in [0.2, 0.25) is 0 Å². The van der Waals surface area contributed by atoms with Gasteiger partial charge >= 0.3 is 12.0 Å². The van der Waals surface area contributed by atoms with Gasteiger partial charge in [0.25, 0.3) is 0 Å². The topological polar surface area (TPSA) is 213 Å². The minimum absolute atomic E-state index is 0.0917. The standard InChI is InChI=1S/C13H22N6O7/c1-5(21)9(12(23)24)17-13(25)16-6(3-8(14)22)11-18-10(19-26-11)7(4-20)15-2/h5-7,9,15,20-21H,3-4H2,1-2H3,(H2,14,22)(H,23,24)(H2,16,17,25)/t5?,6-,7-,9-/m0/s1. The maximum absolute atomic E-state index is 12.0. The Morgan fingerprint density at radius 1 is 1.27 bits per heavy atom. The molecule has 1 unspecified atom stereocenters. The van der Waals surface area contributed by atoms with Gasteiger partial charge in [-0.1, -0.05) is 5.16 Å². The predicted octanol–water partition coefficient (Wildman–Crippen LogP) is -2.63. The molecule has 0 fully saturated rings. The van der Waals surface area contributed by atoms with Gasteiger partial charge in [-0.15, -0.1) is 0 Å². The highest BCUT2D eigenvalue weighted by Gasteiger charge is 2.29. The average molecular weight is 374 g/mol. The lowest BCUT2D eigenvalue weighted by atomic mass is 10.2. The van der Waals surface area contributed by atoms with E-state index in [1.54, 1.807) is 7.05 Å². The summed E-state index contributed by atoms with van der Waals surface area (Å²) in [5.74, 6) is -2.30. The van der Waals surface area contributed by atoms with Crippen LogP contribution in [0.1, 0.15) is 37.1 Å². The Bertz CT molecular complexity index is 630. The molecule has 1 heterocycles. The molecule has 1 aromatic heterocycles. The van der Waals surface area contributed by atoms with Crippen molar-refractivity contribution >= 4 is 17.9 Å². The zero-order chi connectivity index (χ0) is 19.9. The molecule has 0 spiro atoms. The summed E-state index contributed by atoms with van der Waals surface area (Å²) in [6, 6.07) is -4.31. The van der Waals surface area contributed by atoms with Gasteiger partial charge in [0.2, 0.25) is 11.8 Å². The number of carbonyl (C=O) groups excluding carboxylic acids is 2. The van der Waals surface area contributed by atoms with Gasteiger partial charge in [0.1, 0.15) is 6.04 Å². The molecule has 4 atom stereocenters. The van der Waals surface area contributed by atoms with Crippen molar-refractivity contribution in [2.45, 2.75) is 37.6 Å². The van der Waals surface area contributed by atoms with Crippen molar-refractivity contribution in [3.05, 3.63) is 11.7 Å². The largest absolute Gasteiger partial charge is 0.480 e. The van der Waals surface area contributed by atoms with Gasteiger partial charge in [-0.25, -0.2) is 9.59 Å². The number of urea groups is 1. The second-order valence-corrected chi connectivity index (χ2v) is 5.41. The fourth-order valence-corrected chi connectivity index (χ4v) is 1.96. The zero-order valence-electron chi connectivity index (χ0n) is 14.2. The van der Waals surface area contributed by atoms with Crippen molar-refractivity contribution in [2.75, 3.05) is 13.7 Å². The number of aliphatic hydroxyl groups excluding tert-OH is 2. The Labute approximate surface area is 147 Å². The van der Waals surface area contributed by atoms with Crippen LogP contribution in [0.25, 0.3) is 0 Å². The summed E-state index contributed by atoms with van der Waals surface area (Å²) in [6.45, 7) is 0.871. The Morgan fingerprint density at radius 2 is 1.92 bits per heavy atom. The number of primary amides is 1. The lowest BCUT2D eigenvalue weighted by Gasteiger charge is -2.19. The van der Waals surface area contributed by atoms with E-state index in [1.807, 2.05) is 5.32 Å². The molecule has 26 heavy (non-hydrogen) atoms. The van der Waals surface area contributed by atoms with Crippen LogP contribution in [0, 0.1) is 0 Å². The molecule has 13 nitrogen and oxygen atoms in total. The third-order valence-electron chi connectivity index (χ3n) is 3.34. The van der Waals surface area contributed by atoms with Gasteiger partial charge in [0.15, 0.2) is 11.9 Å². The molecule has 0 saturated heterocycles. The molecule has 13 heteroatoms. The molecule has 8 N–H and O–H groups in total. The summed E-state index contributed by atoms with van der Waals surface area (Å²) in [6.07, 6.45) is -1.76. The van der Waals surface area contributed by atoms with E-state index in [-0.39, 0.29) is 18.3 Å². The van der Waals surface area contributed by atoms with E-state index in [9.17, 15) is 24.6 Å². The van der Waals surface area contributed by atoms with Crippen LogP contribution in [0.3, 0.4) is 0 Å². The number of hydrogen-bond donors (Lipinski definition) is 7. The quantitative estimate of drug-likeness (QED) is 0.226. The van der Waals surface area contributed by atoms with Crippen LogP contribution < -0.4 is 21.7 Å². The average Bonchev–Trinajstić information content (AvgIpc) is 3.02. The van der Waals surface area contributed by atoms with E-state index in [4.69, 9.17) is 15.4 Å². The fraction of sp³-hybridized carbons (Fsp3) is 0.615. The van der Waals surface area contributed by atoms with Crippen molar-refractivity contribution in [1.29, 1.82) is 0 Å². The van der Waals surface area contributed by atoms with Gasteiger partial charge in [0.05, 0.1) is 25.2 Å². The van der Waals surface area contributed by atoms with E-state index < -0.39 is 48.6 Å². The number of nitrogens with two attached hydrogens (primary N) is 1. The Kier molecular flexibility index (Phi) is 7.89. The number of amides is 3. The van der Waals surface area contributed by atoms with E-state index in [0.29, 0.717) is 0 Å². The smallest absolute Gasteiger partial charge is 0.328 e. The molecule has 0 aromatic carbocycles. The molecule has 0 radical (unpaired) electrons. The van der Waals surface area contributed by atoms with E-state index >= 15 is 0 Å². The Morgan fingerprint density at radius 3 is 2.38 bits per heavy atom. The number of hydrogen-bond acceptors (Lipinski definition) is 9. The van der Waals surface area contributed by atoms with Crippen LogP contribution in [0.4, 0.5) is 4.79 Å². The molecule has 0 aliphatic rings. The second-order valence-electron chi connectivity index (χ2n) is 5.41. The van der Waals surface area contributed by atoms with Crippen molar-refractivity contribution in [3.63, 3.8) is 0 Å². The summed E-state index contributed by atoms with van der Waals surface area (Å²) in [5, 5.41) is 38.3. The molecule has 146 valence electrons. The number of nitrogens with zero attached hydrogens (tertiary/aromatic N) is 2. The molecule has 0 saturated carbocycles. The number of rotatable bonds is 10. The van der Waals surface area contributed by atoms with Gasteiger partial charge in [-0.2, -0.15) is 4.98 Å². The Hall–Kier alpha value is -2.77. The van der Waals surface area contributed by atoms with E-state index in [0.717, 1.165) is 0 Å². The monoisotopic (exact) mass is 374 g/mol. The normalized spacial score (nSPS) is 15.5. The molecule has 1 aromatic rings. The molecule has 1 rings (SSSR count). The summed E-state index contributed by atoms with van der Waals surface area (Å²) in [4.78, 5) is 38.2. The lowest BCUT2D eigenvalue weighted by Crippen LogP contribution is -2.52. The highest BCUT2D eigenvalue weighted by Crippen LogP contribution is 2.17. The predicted molar refractivity (Wildman–Crippen MR) is 84.5 cm³/mol. The first-order valence-corrected chi connectivity index (χ1v) is 7.57. The van der Waals surface area contributed by atoms with Gasteiger partial charge in [-0.3, -0.25) is 4.79 Å². The van der Waals surface area contributed by atoms with Crippen molar-refractivity contribution in [2.24, 2.45) is 5.73 Å². The third-order valence-corrected chi connectivity index (χ3v) is 3.34. The van der Waals surface area contributed by atoms with Gasteiger partial charge in [-0.05, 0) is 14.0 Å². The van der Waals surface area contributed by atoms with Crippen LogP contribution >= 0.6 is 0 Å². The van der Waals surface area contributed by atoms with Crippen LogP contribution in [0.15, 0.2) is 4.52 Å². The first kappa shape index (κ1) is 21.3. The Balaban J connectivity index is 2.92. The molecule has 3 amide bonds. The lowest BCUT2D eigenvalue weighted by molar-refractivity contribution is -0.141. The van der Waals surface area contributed by atoms with Gasteiger partial charge in [0, 0.05) is 0 Å². The number of aliphatic carboxylic acids is 1. The van der Waals surface area contributed by atoms with E-state index in [2.05, 4.69) is 20.8 Å². The number of nitrogens with one attached hydrogen (secondary N) is 3. The molecule has 0 aliphatic heterocycles. The molecular formula is C13H22N6O7. The highest BCUT2D eigenvalue weighted by molar-refractivity contribution is 5.83. The SMILES string of the molecule is CN[C@@H](CO)c1noc([C@H](CC(N)=O)NC(=O)N[C@H](C(=O)O)C(C)O)n1. The minimum Gasteiger partial charge on any atom is -0.480 e. The molecule has 0 bridgehead atoms. The fourth-order valence-electron chi connectivity index (χ4n) is 1.96. The first-order chi connectivity index (χ1) is 12.2. The summed E-state index contributed by atoms with van der Waals surface area (Å²) < 4.78 is 4.98. The maximum Gasteiger partial charge on any atom is 0.328 e. The van der Waals surface area contributed by atoms with Crippen LogP contribution in [0.5, 0.6) is 0 Å². The molecular weight excluding hydrogens is 352 g/mol. The zero-order valence-corrected chi connectivity index (χ0v) is 14.2. The van der Waals surface area contributed by atoms with Crippen LogP contribution in [-0.2, 0) is 9.59 Å². The van der Waals surface area contributed by atoms with Crippen molar-refractivity contribution < 1.29 is 34.2 Å². The van der Waals surface area contributed by atoms with E-state index in [1.165, 1.54) is 6.92 Å². The summed E-state index contributed by atoms with van der Waals surface area (Å²) in [5.41, 5.74) is 5.14. The third kappa shape index (κ3) is 5.94. The first-order valence-electron chi connectivity index (χ1n) is 7.57. The maximum atomic E-state index is 12.0. The van der Waals surface area contributed by atoms with Gasteiger partial charge < -0.3 is 41.5 Å². The number of aliphatic hydroxyl groups is 2. The highest BCUT2D eigenvalue weighted by atomic mass is 16.5. The molecule has 0 aliphatic carbocycles. The number of aromatic nitrogens is 2. The van der Waals surface area contributed by atoms with Crippen molar-refractivity contribution in [1.82, 2.24) is 26.1 Å². The number of carbonyl (C=O) groups is 3.